The third-order valence-corrected chi connectivity index (χ3v) is 3.82. The largest absolute Gasteiger partial charge is 0.462 e. The van der Waals surface area contributed by atoms with Crippen molar-refractivity contribution >= 4 is 11.8 Å². The van der Waals surface area contributed by atoms with Crippen molar-refractivity contribution in [2.75, 3.05) is 0 Å². The minimum absolute atomic E-state index is 0.0103. The zero-order valence-electron chi connectivity index (χ0n) is 9.36. The number of hydrogen-bond donors (Lipinski definition) is 0. The Hall–Kier alpha value is -0.860. The molecule has 4 unspecified atom stereocenters. The summed E-state index contributed by atoms with van der Waals surface area (Å²) in [5.41, 5.74) is 0. The zero-order valence-corrected chi connectivity index (χ0v) is 9.36. The summed E-state index contributed by atoms with van der Waals surface area (Å²) in [6.07, 6.45) is 3.74. The summed E-state index contributed by atoms with van der Waals surface area (Å²) >= 11 is 0. The second kappa shape index (κ2) is 3.95. The van der Waals surface area contributed by atoms with Gasteiger partial charge in [-0.25, -0.2) is 0 Å². The van der Waals surface area contributed by atoms with Crippen LogP contribution in [0.4, 0.5) is 0 Å². The van der Waals surface area contributed by atoms with Gasteiger partial charge in [0.25, 0.3) is 0 Å². The van der Waals surface area contributed by atoms with Crippen LogP contribution < -0.4 is 0 Å². The molecule has 0 aliphatic heterocycles. The number of ether oxygens (including phenoxy) is 1. The lowest BCUT2D eigenvalue weighted by Crippen LogP contribution is -2.47. The molecule has 2 rings (SSSR count). The van der Waals surface area contributed by atoms with Crippen molar-refractivity contribution < 1.29 is 14.3 Å². The van der Waals surface area contributed by atoms with Crippen LogP contribution >= 0.6 is 0 Å². The molecule has 2 fully saturated rings. The van der Waals surface area contributed by atoms with E-state index >= 15 is 0 Å². The molecule has 3 heteroatoms. The van der Waals surface area contributed by atoms with E-state index in [9.17, 15) is 9.59 Å². The van der Waals surface area contributed by atoms with E-state index in [2.05, 4.69) is 6.92 Å². The molecule has 0 N–H and O–H groups in total. The summed E-state index contributed by atoms with van der Waals surface area (Å²) in [7, 11) is 0. The molecule has 0 heterocycles. The third-order valence-electron chi connectivity index (χ3n) is 3.82. The Balaban J connectivity index is 2.13. The fourth-order valence-corrected chi connectivity index (χ4v) is 3.09. The molecule has 15 heavy (non-hydrogen) atoms. The second-order valence-electron chi connectivity index (χ2n) is 4.91. The lowest BCUT2D eigenvalue weighted by atomic mass is 9.65. The van der Waals surface area contributed by atoms with E-state index in [1.54, 1.807) is 0 Å². The van der Waals surface area contributed by atoms with E-state index in [4.69, 9.17) is 4.74 Å². The van der Waals surface area contributed by atoms with Gasteiger partial charge in [0.15, 0.2) is 0 Å². The van der Waals surface area contributed by atoms with Crippen LogP contribution in [0.15, 0.2) is 0 Å². The molecule has 2 bridgehead atoms. The number of ketones is 1. The molecule has 3 nitrogen and oxygen atoms in total. The molecule has 0 amide bonds. The highest BCUT2D eigenvalue weighted by Crippen LogP contribution is 2.41. The zero-order chi connectivity index (χ0) is 11.0. The maximum Gasteiger partial charge on any atom is 0.302 e. The number of carbonyl (C=O) groups is 2. The Bertz CT molecular complexity index is 285. The van der Waals surface area contributed by atoms with Gasteiger partial charge in [-0.15, -0.1) is 0 Å². The Morgan fingerprint density at radius 2 is 2.00 bits per heavy atom. The highest BCUT2D eigenvalue weighted by atomic mass is 16.5. The first-order chi connectivity index (χ1) is 7.09. The smallest absolute Gasteiger partial charge is 0.302 e. The number of Topliss-reactive ketones (excluding diaryl/α,β-unsaturated/α-hetero) is 1. The maximum absolute atomic E-state index is 12.0. The predicted octanol–water partition coefficient (Wildman–Crippen LogP) is 1.94. The van der Waals surface area contributed by atoms with E-state index in [1.165, 1.54) is 6.92 Å². The van der Waals surface area contributed by atoms with Gasteiger partial charge in [-0.05, 0) is 25.2 Å². The van der Waals surface area contributed by atoms with E-state index in [-0.39, 0.29) is 23.9 Å². The molecular formula is C12H18O3. The molecule has 0 spiro atoms. The van der Waals surface area contributed by atoms with Crippen LogP contribution in [0, 0.1) is 17.8 Å². The molecule has 84 valence electrons. The monoisotopic (exact) mass is 210 g/mol. The summed E-state index contributed by atoms with van der Waals surface area (Å²) in [5.74, 6) is 0.674. The molecule has 2 saturated carbocycles. The van der Waals surface area contributed by atoms with Crippen molar-refractivity contribution in [1.29, 1.82) is 0 Å². The summed E-state index contributed by atoms with van der Waals surface area (Å²) in [5, 5.41) is 0. The van der Waals surface area contributed by atoms with Crippen molar-refractivity contribution in [2.45, 2.75) is 45.6 Å². The van der Waals surface area contributed by atoms with E-state index in [0.717, 1.165) is 25.7 Å². The Morgan fingerprint density at radius 1 is 1.33 bits per heavy atom. The van der Waals surface area contributed by atoms with Crippen molar-refractivity contribution in [2.24, 2.45) is 17.8 Å². The average Bonchev–Trinajstić information content (AvgIpc) is 2.13. The fourth-order valence-electron chi connectivity index (χ4n) is 3.09. The van der Waals surface area contributed by atoms with Crippen LogP contribution in [-0.4, -0.2) is 17.9 Å². The van der Waals surface area contributed by atoms with Gasteiger partial charge in [0.05, 0.1) is 5.92 Å². The number of esters is 1. The van der Waals surface area contributed by atoms with Gasteiger partial charge in [0.2, 0.25) is 0 Å². The molecule has 4 atom stereocenters. The quantitative estimate of drug-likeness (QED) is 0.621. The average molecular weight is 210 g/mol. The van der Waals surface area contributed by atoms with Crippen molar-refractivity contribution in [3.63, 3.8) is 0 Å². The fraction of sp³-hybridized carbons (Fsp3) is 0.833. The Labute approximate surface area is 90.2 Å². The molecule has 0 aromatic rings. The SMILES string of the molecule is CC(=O)OC1CC(C)C2CCCC1C2=O. The highest BCUT2D eigenvalue weighted by molar-refractivity contribution is 5.86. The minimum Gasteiger partial charge on any atom is -0.462 e. The first kappa shape index (κ1) is 10.7. The van der Waals surface area contributed by atoms with Gasteiger partial charge < -0.3 is 4.74 Å². The molecule has 2 aliphatic rings. The molecule has 0 aromatic heterocycles. The van der Waals surface area contributed by atoms with E-state index < -0.39 is 0 Å². The predicted molar refractivity (Wildman–Crippen MR) is 55.2 cm³/mol. The lowest BCUT2D eigenvalue weighted by molar-refractivity contribution is -0.160. The minimum atomic E-state index is -0.260. The standard InChI is InChI=1S/C12H18O3/c1-7-6-11(15-8(2)13)10-5-3-4-9(7)12(10)14/h7,9-11H,3-6H2,1-2H3. The van der Waals surface area contributed by atoms with Crippen LogP contribution in [0.2, 0.25) is 0 Å². The van der Waals surface area contributed by atoms with Crippen LogP contribution in [0.5, 0.6) is 0 Å². The van der Waals surface area contributed by atoms with Gasteiger partial charge in [0, 0.05) is 12.8 Å². The maximum atomic E-state index is 12.0. The first-order valence-corrected chi connectivity index (χ1v) is 5.80. The van der Waals surface area contributed by atoms with Gasteiger partial charge in [0.1, 0.15) is 11.9 Å². The third kappa shape index (κ3) is 1.92. The molecule has 0 aromatic carbocycles. The van der Waals surface area contributed by atoms with Crippen molar-refractivity contribution in [3.8, 4) is 0 Å². The van der Waals surface area contributed by atoms with Crippen LogP contribution in [0.1, 0.15) is 39.5 Å². The van der Waals surface area contributed by atoms with Crippen molar-refractivity contribution in [3.05, 3.63) is 0 Å². The summed E-state index contributed by atoms with van der Waals surface area (Å²) < 4.78 is 5.26. The Kier molecular flexibility index (Phi) is 2.81. The molecule has 0 saturated heterocycles. The summed E-state index contributed by atoms with van der Waals surface area (Å²) in [6, 6.07) is 0. The Morgan fingerprint density at radius 3 is 2.67 bits per heavy atom. The number of hydrogen-bond acceptors (Lipinski definition) is 3. The number of fused-ring (bicyclic) bond motifs is 2. The van der Waals surface area contributed by atoms with E-state index in [1.807, 2.05) is 0 Å². The van der Waals surface area contributed by atoms with Gasteiger partial charge in [-0.1, -0.05) is 13.3 Å². The second-order valence-corrected chi connectivity index (χ2v) is 4.91. The highest BCUT2D eigenvalue weighted by Gasteiger charge is 2.45. The molecule has 2 aliphatic carbocycles. The lowest BCUT2D eigenvalue weighted by Gasteiger charge is -2.41. The van der Waals surface area contributed by atoms with Crippen LogP contribution in [0.3, 0.4) is 0 Å². The van der Waals surface area contributed by atoms with Crippen LogP contribution in [0.25, 0.3) is 0 Å². The van der Waals surface area contributed by atoms with Gasteiger partial charge in [-0.2, -0.15) is 0 Å². The first-order valence-electron chi connectivity index (χ1n) is 5.80. The number of carbonyl (C=O) groups excluding carboxylic acids is 2. The normalized spacial score (nSPS) is 40.0. The summed E-state index contributed by atoms with van der Waals surface area (Å²) in [4.78, 5) is 23.0. The van der Waals surface area contributed by atoms with Crippen LogP contribution in [-0.2, 0) is 14.3 Å². The van der Waals surface area contributed by atoms with Gasteiger partial charge in [-0.3, -0.25) is 9.59 Å². The topological polar surface area (TPSA) is 43.4 Å². The number of rotatable bonds is 1. The van der Waals surface area contributed by atoms with Crippen molar-refractivity contribution in [1.82, 2.24) is 0 Å². The summed E-state index contributed by atoms with van der Waals surface area (Å²) in [6.45, 7) is 3.52. The van der Waals surface area contributed by atoms with E-state index in [0.29, 0.717) is 11.7 Å². The van der Waals surface area contributed by atoms with Gasteiger partial charge >= 0.3 is 5.97 Å². The molecular weight excluding hydrogens is 192 g/mol. The molecule has 0 radical (unpaired) electrons.